The molecule has 3 rings (SSSR count). The van der Waals surface area contributed by atoms with Crippen molar-refractivity contribution in [1.29, 1.82) is 0 Å². The highest BCUT2D eigenvalue weighted by molar-refractivity contribution is 7.16. The minimum atomic E-state index is 0.170. The number of rotatable bonds is 5. The predicted molar refractivity (Wildman–Crippen MR) is 80.7 cm³/mol. The third-order valence-corrected chi connectivity index (χ3v) is 4.08. The van der Waals surface area contributed by atoms with E-state index in [1.807, 2.05) is 34.8 Å². The fraction of sp³-hybridized carbons (Fsp3) is 0.357. The smallest absolute Gasteiger partial charge is 0.234 e. The van der Waals surface area contributed by atoms with Gasteiger partial charge in [-0.05, 0) is 6.42 Å². The van der Waals surface area contributed by atoms with Crippen molar-refractivity contribution in [2.45, 2.75) is 32.2 Å². The van der Waals surface area contributed by atoms with Gasteiger partial charge in [-0.15, -0.1) is 10.2 Å². The molecule has 2 N–H and O–H groups in total. The lowest BCUT2D eigenvalue weighted by molar-refractivity contribution is 0.595. The minimum Gasteiger partial charge on any atom is -0.327 e. The van der Waals surface area contributed by atoms with Crippen LogP contribution in [0.25, 0.3) is 16.3 Å². The molecule has 0 aliphatic rings. The van der Waals surface area contributed by atoms with Crippen LogP contribution in [0.3, 0.4) is 0 Å². The van der Waals surface area contributed by atoms with Gasteiger partial charge in [0.2, 0.25) is 4.96 Å². The van der Waals surface area contributed by atoms with E-state index in [4.69, 9.17) is 5.73 Å². The molecule has 2 aromatic heterocycles. The van der Waals surface area contributed by atoms with Gasteiger partial charge in [0, 0.05) is 18.0 Å². The van der Waals surface area contributed by atoms with Crippen LogP contribution in [0.2, 0.25) is 0 Å². The Bertz CT molecular complexity index is 688. The fourth-order valence-corrected chi connectivity index (χ4v) is 3.13. The maximum atomic E-state index is 6.08. The summed E-state index contributed by atoms with van der Waals surface area (Å²) in [4.78, 5) is 0.822. The number of hydrogen-bond acceptors (Lipinski definition) is 5. The summed E-state index contributed by atoms with van der Waals surface area (Å²) in [5, 5.41) is 14.0. The van der Waals surface area contributed by atoms with E-state index < -0.39 is 0 Å². The molecule has 0 saturated heterocycles. The van der Waals surface area contributed by atoms with Gasteiger partial charge >= 0.3 is 0 Å². The van der Waals surface area contributed by atoms with Crippen LogP contribution in [-0.4, -0.2) is 25.9 Å². The first-order chi connectivity index (χ1) is 9.78. The van der Waals surface area contributed by atoms with Gasteiger partial charge in [-0.1, -0.05) is 55.0 Å². The Balaban J connectivity index is 1.91. The van der Waals surface area contributed by atoms with Crippen LogP contribution in [0, 0.1) is 0 Å². The second-order valence-corrected chi connectivity index (χ2v) is 5.87. The van der Waals surface area contributed by atoms with Crippen LogP contribution >= 0.6 is 11.3 Å². The molecule has 3 aromatic rings. The molecule has 2 heterocycles. The molecule has 6 heteroatoms. The van der Waals surface area contributed by atoms with E-state index >= 15 is 0 Å². The average Bonchev–Trinajstić information content (AvgIpc) is 2.99. The van der Waals surface area contributed by atoms with Crippen LogP contribution in [0.15, 0.2) is 30.3 Å². The largest absolute Gasteiger partial charge is 0.327 e. The van der Waals surface area contributed by atoms with Gasteiger partial charge in [0.1, 0.15) is 5.01 Å². The molecule has 0 aliphatic heterocycles. The quantitative estimate of drug-likeness (QED) is 0.783. The number of aromatic nitrogens is 4. The highest BCUT2D eigenvalue weighted by Crippen LogP contribution is 2.22. The summed E-state index contributed by atoms with van der Waals surface area (Å²) in [6.07, 6.45) is 2.92. The maximum absolute atomic E-state index is 6.08. The molecule has 1 atom stereocenters. The maximum Gasteiger partial charge on any atom is 0.234 e. The third-order valence-electron chi connectivity index (χ3n) is 3.16. The highest BCUT2D eigenvalue weighted by atomic mass is 32.1. The van der Waals surface area contributed by atoms with Crippen LogP contribution in [0.4, 0.5) is 0 Å². The first-order valence-corrected chi connectivity index (χ1v) is 7.61. The normalized spacial score (nSPS) is 12.9. The van der Waals surface area contributed by atoms with Gasteiger partial charge in [-0.2, -0.15) is 9.61 Å². The van der Waals surface area contributed by atoms with Gasteiger partial charge < -0.3 is 5.73 Å². The summed E-state index contributed by atoms with van der Waals surface area (Å²) in [6, 6.07) is 10.2. The van der Waals surface area contributed by atoms with E-state index in [1.165, 1.54) is 0 Å². The van der Waals surface area contributed by atoms with Gasteiger partial charge in [-0.3, -0.25) is 0 Å². The second-order valence-electron chi connectivity index (χ2n) is 4.83. The molecule has 5 nitrogen and oxygen atoms in total. The topological polar surface area (TPSA) is 69.1 Å². The van der Waals surface area contributed by atoms with Crippen LogP contribution < -0.4 is 5.73 Å². The zero-order valence-corrected chi connectivity index (χ0v) is 12.2. The summed E-state index contributed by atoms with van der Waals surface area (Å²) in [5.74, 6) is 0.784. The van der Waals surface area contributed by atoms with E-state index in [9.17, 15) is 0 Å². The molecule has 0 fully saturated rings. The van der Waals surface area contributed by atoms with Crippen LogP contribution in [0.5, 0.6) is 0 Å². The molecule has 1 aromatic carbocycles. The number of hydrogen-bond donors (Lipinski definition) is 1. The molecular weight excluding hydrogens is 270 g/mol. The molecule has 0 spiro atoms. The number of nitrogens with two attached hydrogens (primary N) is 1. The molecule has 0 saturated carbocycles. The van der Waals surface area contributed by atoms with Gasteiger partial charge in [0.05, 0.1) is 0 Å². The average molecular weight is 287 g/mol. The molecule has 104 valence electrons. The summed E-state index contributed by atoms with van der Waals surface area (Å²) in [6.45, 7) is 2.14. The Kier molecular flexibility index (Phi) is 3.75. The van der Waals surface area contributed by atoms with Crippen molar-refractivity contribution in [1.82, 2.24) is 19.8 Å². The molecular formula is C14H17N5S. The van der Waals surface area contributed by atoms with Crippen molar-refractivity contribution < 1.29 is 0 Å². The summed E-state index contributed by atoms with van der Waals surface area (Å²) < 4.78 is 1.81. The lowest BCUT2D eigenvalue weighted by Gasteiger charge is -2.06. The SMILES string of the molecule is CCCC(N)Cc1nn2c(-c3ccccc3)nnc2s1. The number of fused-ring (bicyclic) bond motifs is 1. The Morgan fingerprint density at radius 1 is 1.25 bits per heavy atom. The van der Waals surface area contributed by atoms with Gasteiger partial charge in [0.25, 0.3) is 0 Å². The van der Waals surface area contributed by atoms with Gasteiger partial charge in [-0.25, -0.2) is 0 Å². The van der Waals surface area contributed by atoms with E-state index in [2.05, 4.69) is 22.2 Å². The molecule has 0 amide bonds. The second kappa shape index (κ2) is 5.68. The summed E-state index contributed by atoms with van der Waals surface area (Å²) in [5.41, 5.74) is 7.10. The van der Waals surface area contributed by atoms with E-state index in [0.29, 0.717) is 0 Å². The Morgan fingerprint density at radius 3 is 2.80 bits per heavy atom. The minimum absolute atomic E-state index is 0.170. The summed E-state index contributed by atoms with van der Waals surface area (Å²) >= 11 is 1.57. The van der Waals surface area contributed by atoms with Crippen molar-refractivity contribution in [2.75, 3.05) is 0 Å². The molecule has 0 aliphatic carbocycles. The molecule has 0 bridgehead atoms. The van der Waals surface area contributed by atoms with Gasteiger partial charge in [0.15, 0.2) is 5.82 Å². The van der Waals surface area contributed by atoms with Crippen LogP contribution in [0.1, 0.15) is 24.8 Å². The van der Waals surface area contributed by atoms with E-state index in [1.54, 1.807) is 11.3 Å². The van der Waals surface area contributed by atoms with Crippen molar-refractivity contribution in [3.63, 3.8) is 0 Å². The number of benzene rings is 1. The first kappa shape index (κ1) is 13.2. The third kappa shape index (κ3) is 2.57. The Labute approximate surface area is 121 Å². The predicted octanol–water partition coefficient (Wildman–Crippen LogP) is 2.52. The first-order valence-electron chi connectivity index (χ1n) is 6.80. The van der Waals surface area contributed by atoms with Crippen molar-refractivity contribution >= 4 is 16.3 Å². The van der Waals surface area contributed by atoms with E-state index in [0.717, 1.165) is 40.6 Å². The molecule has 1 unspecified atom stereocenters. The summed E-state index contributed by atoms with van der Waals surface area (Å²) in [7, 11) is 0. The highest BCUT2D eigenvalue weighted by Gasteiger charge is 2.14. The monoisotopic (exact) mass is 287 g/mol. The standard InChI is InChI=1S/C14H17N5S/c1-2-6-11(15)9-12-18-19-13(16-17-14(19)20-12)10-7-4-3-5-8-10/h3-5,7-8,11H,2,6,9,15H2,1H3. The lowest BCUT2D eigenvalue weighted by atomic mass is 10.1. The van der Waals surface area contributed by atoms with Crippen LogP contribution in [-0.2, 0) is 6.42 Å². The zero-order chi connectivity index (χ0) is 13.9. The van der Waals surface area contributed by atoms with Crippen molar-refractivity contribution in [3.05, 3.63) is 35.3 Å². The lowest BCUT2D eigenvalue weighted by Crippen LogP contribution is -2.22. The Hall–Kier alpha value is -1.79. The fourth-order valence-electron chi connectivity index (χ4n) is 2.20. The zero-order valence-electron chi connectivity index (χ0n) is 11.4. The van der Waals surface area contributed by atoms with E-state index in [-0.39, 0.29) is 6.04 Å². The molecule has 0 radical (unpaired) electrons. The van der Waals surface area contributed by atoms with Crippen molar-refractivity contribution in [2.24, 2.45) is 5.73 Å². The number of nitrogens with zero attached hydrogens (tertiary/aromatic N) is 4. The molecule has 20 heavy (non-hydrogen) atoms. The Morgan fingerprint density at radius 2 is 2.05 bits per heavy atom. The van der Waals surface area contributed by atoms with Crippen molar-refractivity contribution in [3.8, 4) is 11.4 Å².